The summed E-state index contributed by atoms with van der Waals surface area (Å²) in [5.74, 6) is 0.692. The zero-order valence-corrected chi connectivity index (χ0v) is 9.69. The lowest BCUT2D eigenvalue weighted by molar-refractivity contribution is 0.0419. The van der Waals surface area contributed by atoms with E-state index in [0.29, 0.717) is 18.0 Å². The molecule has 0 bridgehead atoms. The van der Waals surface area contributed by atoms with Gasteiger partial charge in [0.05, 0.1) is 6.10 Å². The van der Waals surface area contributed by atoms with Gasteiger partial charge in [0.25, 0.3) is 0 Å². The Morgan fingerprint density at radius 1 is 1.50 bits per heavy atom. The minimum Gasteiger partial charge on any atom is -0.380 e. The minimum atomic E-state index is 0.358. The van der Waals surface area contributed by atoms with Crippen LogP contribution in [0.1, 0.15) is 31.6 Å². The molecule has 1 N–H and O–H groups in total. The molecule has 2 atom stereocenters. The van der Waals surface area contributed by atoms with Crippen molar-refractivity contribution in [2.24, 2.45) is 0 Å². The fourth-order valence-electron chi connectivity index (χ4n) is 2.28. The van der Waals surface area contributed by atoms with Gasteiger partial charge in [-0.15, -0.1) is 0 Å². The Labute approximate surface area is 95.6 Å². The van der Waals surface area contributed by atoms with Crippen LogP contribution in [0.3, 0.4) is 0 Å². The first kappa shape index (κ1) is 11.5. The molecule has 0 amide bonds. The molecule has 90 valence electrons. The van der Waals surface area contributed by atoms with Gasteiger partial charge in [-0.05, 0) is 12.8 Å². The standard InChI is InChI=1S/C11H19N3O2/c1-15-10-5-3-2-4-9(10)12-7-6-11-13-8-14-16-11/h8-10,12H,2-7H2,1H3. The van der Waals surface area contributed by atoms with Gasteiger partial charge in [-0.2, -0.15) is 4.98 Å². The summed E-state index contributed by atoms with van der Waals surface area (Å²) in [6.07, 6.45) is 7.51. The largest absolute Gasteiger partial charge is 0.380 e. The Balaban J connectivity index is 1.71. The van der Waals surface area contributed by atoms with Crippen molar-refractivity contribution >= 4 is 0 Å². The molecule has 0 spiro atoms. The van der Waals surface area contributed by atoms with E-state index in [0.717, 1.165) is 19.4 Å². The highest BCUT2D eigenvalue weighted by molar-refractivity contribution is 4.83. The SMILES string of the molecule is COC1CCCCC1NCCc1ncno1. The van der Waals surface area contributed by atoms with Gasteiger partial charge in [0.1, 0.15) is 0 Å². The topological polar surface area (TPSA) is 60.2 Å². The third-order valence-electron chi connectivity index (χ3n) is 3.16. The van der Waals surface area contributed by atoms with E-state index >= 15 is 0 Å². The summed E-state index contributed by atoms with van der Waals surface area (Å²) in [4.78, 5) is 3.99. The number of nitrogens with one attached hydrogen (secondary N) is 1. The van der Waals surface area contributed by atoms with Gasteiger partial charge in [-0.1, -0.05) is 18.0 Å². The van der Waals surface area contributed by atoms with Crippen molar-refractivity contribution in [1.82, 2.24) is 15.5 Å². The Kier molecular flexibility index (Phi) is 4.30. The van der Waals surface area contributed by atoms with Gasteiger partial charge in [-0.25, -0.2) is 0 Å². The number of rotatable bonds is 5. The molecule has 5 nitrogen and oxygen atoms in total. The normalized spacial score (nSPS) is 25.8. The van der Waals surface area contributed by atoms with Gasteiger partial charge >= 0.3 is 0 Å². The minimum absolute atomic E-state index is 0.358. The molecule has 1 aromatic rings. The van der Waals surface area contributed by atoms with Gasteiger partial charge in [-0.3, -0.25) is 0 Å². The monoisotopic (exact) mass is 225 g/mol. The Morgan fingerprint density at radius 3 is 3.12 bits per heavy atom. The summed E-state index contributed by atoms with van der Waals surface area (Å²) in [5, 5.41) is 7.09. The highest BCUT2D eigenvalue weighted by Crippen LogP contribution is 2.20. The number of ether oxygens (including phenoxy) is 1. The van der Waals surface area contributed by atoms with Crippen molar-refractivity contribution in [3.63, 3.8) is 0 Å². The van der Waals surface area contributed by atoms with E-state index in [1.165, 1.54) is 25.6 Å². The predicted octanol–water partition coefficient (Wildman–Crippen LogP) is 1.16. The molecule has 2 rings (SSSR count). The average molecular weight is 225 g/mol. The molecule has 5 heteroatoms. The average Bonchev–Trinajstić information content (AvgIpc) is 2.83. The molecule has 16 heavy (non-hydrogen) atoms. The molecular weight excluding hydrogens is 206 g/mol. The molecule has 1 fully saturated rings. The van der Waals surface area contributed by atoms with Crippen LogP contribution in [0.15, 0.2) is 10.9 Å². The van der Waals surface area contributed by atoms with Crippen LogP contribution in [0.2, 0.25) is 0 Å². The third kappa shape index (κ3) is 3.02. The van der Waals surface area contributed by atoms with Crippen molar-refractivity contribution in [3.8, 4) is 0 Å². The van der Waals surface area contributed by atoms with Crippen LogP contribution < -0.4 is 5.32 Å². The van der Waals surface area contributed by atoms with E-state index in [1.807, 2.05) is 0 Å². The van der Waals surface area contributed by atoms with E-state index in [1.54, 1.807) is 7.11 Å². The van der Waals surface area contributed by atoms with E-state index in [2.05, 4.69) is 15.5 Å². The van der Waals surface area contributed by atoms with E-state index in [4.69, 9.17) is 9.26 Å². The maximum Gasteiger partial charge on any atom is 0.227 e. The lowest BCUT2D eigenvalue weighted by Gasteiger charge is -2.31. The molecule has 0 aliphatic heterocycles. The van der Waals surface area contributed by atoms with Crippen LogP contribution in [0, 0.1) is 0 Å². The number of aromatic nitrogens is 2. The van der Waals surface area contributed by atoms with Gasteiger partial charge < -0.3 is 14.6 Å². The van der Waals surface area contributed by atoms with Crippen molar-refractivity contribution in [3.05, 3.63) is 12.2 Å². The van der Waals surface area contributed by atoms with Crippen LogP contribution >= 0.6 is 0 Å². The number of hydrogen-bond acceptors (Lipinski definition) is 5. The van der Waals surface area contributed by atoms with Crippen LogP contribution in [-0.2, 0) is 11.2 Å². The molecule has 1 aliphatic carbocycles. The van der Waals surface area contributed by atoms with Gasteiger partial charge in [0.15, 0.2) is 6.33 Å². The first-order valence-electron chi connectivity index (χ1n) is 5.92. The molecule has 0 radical (unpaired) electrons. The molecule has 0 saturated heterocycles. The fraction of sp³-hybridized carbons (Fsp3) is 0.818. The zero-order valence-electron chi connectivity index (χ0n) is 9.69. The third-order valence-corrected chi connectivity index (χ3v) is 3.16. The molecule has 2 unspecified atom stereocenters. The lowest BCUT2D eigenvalue weighted by Crippen LogP contribution is -2.43. The van der Waals surface area contributed by atoms with Gasteiger partial charge in [0, 0.05) is 26.1 Å². The fourth-order valence-corrected chi connectivity index (χ4v) is 2.28. The summed E-state index contributed by atoms with van der Waals surface area (Å²) in [7, 11) is 1.79. The summed E-state index contributed by atoms with van der Waals surface area (Å²) in [6, 6.07) is 0.474. The zero-order chi connectivity index (χ0) is 11.2. The highest BCUT2D eigenvalue weighted by atomic mass is 16.5. The van der Waals surface area contributed by atoms with Crippen molar-refractivity contribution in [1.29, 1.82) is 0 Å². The van der Waals surface area contributed by atoms with Gasteiger partial charge in [0.2, 0.25) is 5.89 Å². The lowest BCUT2D eigenvalue weighted by atomic mass is 9.92. The smallest absolute Gasteiger partial charge is 0.227 e. The summed E-state index contributed by atoms with van der Waals surface area (Å²) >= 11 is 0. The second kappa shape index (κ2) is 5.96. The van der Waals surface area contributed by atoms with Crippen molar-refractivity contribution < 1.29 is 9.26 Å². The molecule has 0 aromatic carbocycles. The Bertz CT molecular complexity index is 289. The first-order valence-corrected chi connectivity index (χ1v) is 5.92. The quantitative estimate of drug-likeness (QED) is 0.814. The molecule has 1 aliphatic rings. The van der Waals surface area contributed by atoms with Crippen LogP contribution in [0.25, 0.3) is 0 Å². The van der Waals surface area contributed by atoms with Crippen LogP contribution in [-0.4, -0.2) is 35.9 Å². The van der Waals surface area contributed by atoms with E-state index in [-0.39, 0.29) is 0 Å². The summed E-state index contributed by atoms with van der Waals surface area (Å²) < 4.78 is 10.4. The Morgan fingerprint density at radius 2 is 2.38 bits per heavy atom. The first-order chi connectivity index (χ1) is 7.90. The molecular formula is C11H19N3O2. The second-order valence-electron chi connectivity index (χ2n) is 4.20. The van der Waals surface area contributed by atoms with E-state index < -0.39 is 0 Å². The second-order valence-corrected chi connectivity index (χ2v) is 4.20. The predicted molar refractivity (Wildman–Crippen MR) is 59.1 cm³/mol. The maximum atomic E-state index is 5.48. The highest BCUT2D eigenvalue weighted by Gasteiger charge is 2.24. The summed E-state index contributed by atoms with van der Waals surface area (Å²) in [5.41, 5.74) is 0. The van der Waals surface area contributed by atoms with Crippen LogP contribution in [0.5, 0.6) is 0 Å². The van der Waals surface area contributed by atoms with Crippen molar-refractivity contribution in [2.75, 3.05) is 13.7 Å². The summed E-state index contributed by atoms with van der Waals surface area (Å²) in [6.45, 7) is 0.868. The Hall–Kier alpha value is -0.940. The van der Waals surface area contributed by atoms with Crippen LogP contribution in [0.4, 0.5) is 0 Å². The van der Waals surface area contributed by atoms with Crippen molar-refractivity contribution in [2.45, 2.75) is 44.2 Å². The molecule has 1 heterocycles. The number of methoxy groups -OCH3 is 1. The maximum absolute atomic E-state index is 5.48. The molecule has 1 saturated carbocycles. The molecule has 1 aromatic heterocycles. The number of nitrogens with zero attached hydrogens (tertiary/aromatic N) is 2. The van der Waals surface area contributed by atoms with E-state index in [9.17, 15) is 0 Å². The number of hydrogen-bond donors (Lipinski definition) is 1.